The van der Waals surface area contributed by atoms with Crippen molar-refractivity contribution in [1.82, 2.24) is 10.2 Å². The zero-order valence-corrected chi connectivity index (χ0v) is 23.6. The number of thioether (sulfide) groups is 1. The minimum absolute atomic E-state index is 0.00135. The van der Waals surface area contributed by atoms with Crippen molar-refractivity contribution in [2.45, 2.75) is 11.8 Å². The Balaban J connectivity index is 1.58. The predicted octanol–water partition coefficient (Wildman–Crippen LogP) is 6.95. The van der Waals surface area contributed by atoms with Gasteiger partial charge in [0.05, 0.1) is 23.4 Å². The van der Waals surface area contributed by atoms with E-state index in [4.69, 9.17) is 30.2 Å². The molecule has 0 amide bonds. The fraction of sp³-hybridized carbons (Fsp3) is 0.115. The molecule has 0 unspecified atom stereocenters. The molecule has 0 aliphatic rings. The van der Waals surface area contributed by atoms with Gasteiger partial charge in [-0.3, -0.25) is 0 Å². The number of hydrogen-bond acceptors (Lipinski definition) is 8. The van der Waals surface area contributed by atoms with Crippen molar-refractivity contribution in [3.63, 3.8) is 0 Å². The lowest BCUT2D eigenvalue weighted by Crippen LogP contribution is -2.02. The molecule has 1 heterocycles. The Morgan fingerprint density at radius 2 is 1.89 bits per heavy atom. The molecule has 0 radical (unpaired) electrons. The molecule has 4 aromatic rings. The fourth-order valence-electron chi connectivity index (χ4n) is 3.32. The first-order valence-electron chi connectivity index (χ1n) is 10.8. The van der Waals surface area contributed by atoms with E-state index in [0.717, 1.165) is 11.8 Å². The van der Waals surface area contributed by atoms with Gasteiger partial charge in [0.2, 0.25) is 0 Å². The SMILES string of the molecule is COc1ccc(Cl)cc1-c1nnc(S/C(=C\c2cc(I)c(OCc3ccccc3F)c(OC)c2)C(=O)O)o1. The van der Waals surface area contributed by atoms with Crippen molar-refractivity contribution in [2.24, 2.45) is 0 Å². The average molecular weight is 669 g/mol. The molecule has 4 rings (SSSR count). The lowest BCUT2D eigenvalue weighted by Gasteiger charge is -2.14. The summed E-state index contributed by atoms with van der Waals surface area (Å²) >= 11 is 8.92. The Morgan fingerprint density at radius 1 is 1.13 bits per heavy atom. The molecule has 0 saturated heterocycles. The summed E-state index contributed by atoms with van der Waals surface area (Å²) in [4.78, 5) is 11.9. The molecule has 0 bridgehead atoms. The molecule has 0 saturated carbocycles. The number of carbonyl (C=O) groups is 1. The Hall–Kier alpha value is -3.29. The molecular weight excluding hydrogens is 650 g/mol. The molecule has 38 heavy (non-hydrogen) atoms. The van der Waals surface area contributed by atoms with Crippen LogP contribution in [0.25, 0.3) is 17.5 Å². The molecule has 0 aliphatic carbocycles. The summed E-state index contributed by atoms with van der Waals surface area (Å²) in [6, 6.07) is 14.6. The second-order valence-electron chi connectivity index (χ2n) is 7.55. The summed E-state index contributed by atoms with van der Waals surface area (Å²) in [5.74, 6) is -0.185. The maximum Gasteiger partial charge on any atom is 0.342 e. The normalized spacial score (nSPS) is 11.3. The highest BCUT2D eigenvalue weighted by Gasteiger charge is 2.19. The molecule has 8 nitrogen and oxygen atoms in total. The third-order valence-corrected chi connectivity index (χ3v) is 6.97. The number of aliphatic carboxylic acids is 1. The van der Waals surface area contributed by atoms with E-state index in [1.54, 1.807) is 48.5 Å². The Labute approximate surface area is 239 Å². The van der Waals surface area contributed by atoms with Crippen molar-refractivity contribution in [3.8, 4) is 28.7 Å². The Kier molecular flexibility index (Phi) is 9.13. The summed E-state index contributed by atoms with van der Waals surface area (Å²) in [5, 5.41) is 18.2. The molecule has 196 valence electrons. The van der Waals surface area contributed by atoms with Gasteiger partial charge < -0.3 is 23.7 Å². The van der Waals surface area contributed by atoms with E-state index in [1.807, 2.05) is 22.6 Å². The van der Waals surface area contributed by atoms with Gasteiger partial charge in [-0.1, -0.05) is 29.8 Å². The largest absolute Gasteiger partial charge is 0.496 e. The van der Waals surface area contributed by atoms with Gasteiger partial charge in [0.1, 0.15) is 23.1 Å². The fourth-order valence-corrected chi connectivity index (χ4v) is 4.94. The van der Waals surface area contributed by atoms with Gasteiger partial charge >= 0.3 is 5.97 Å². The minimum Gasteiger partial charge on any atom is -0.496 e. The molecular formula is C26H19ClFIN2O6S. The van der Waals surface area contributed by atoms with Gasteiger partial charge in [0.15, 0.2) is 11.5 Å². The van der Waals surface area contributed by atoms with Crippen LogP contribution in [-0.2, 0) is 11.4 Å². The van der Waals surface area contributed by atoms with Crippen LogP contribution in [0, 0.1) is 9.39 Å². The smallest absolute Gasteiger partial charge is 0.342 e. The van der Waals surface area contributed by atoms with E-state index in [2.05, 4.69) is 10.2 Å². The van der Waals surface area contributed by atoms with Gasteiger partial charge in [-0.05, 0) is 82.4 Å². The van der Waals surface area contributed by atoms with E-state index >= 15 is 0 Å². The quantitative estimate of drug-likeness (QED) is 0.109. The molecule has 1 N–H and O–H groups in total. The molecule has 3 aromatic carbocycles. The second kappa shape index (κ2) is 12.5. The number of methoxy groups -OCH3 is 2. The number of ether oxygens (including phenoxy) is 3. The summed E-state index contributed by atoms with van der Waals surface area (Å²) in [7, 11) is 2.96. The van der Waals surface area contributed by atoms with E-state index in [0.29, 0.717) is 42.5 Å². The molecule has 0 fully saturated rings. The standard InChI is InChI=1S/C26H19ClFIN2O6S/c1-34-20-8-7-16(27)12-17(20)24-30-31-26(37-24)38-22(25(32)33)11-14-9-19(29)23(21(10-14)35-2)36-13-15-5-3-4-6-18(15)28/h3-12H,13H2,1-2H3,(H,32,33)/b22-11-. The summed E-state index contributed by atoms with van der Waals surface area (Å²) in [6.45, 7) is 0.00135. The van der Waals surface area contributed by atoms with Crippen molar-refractivity contribution < 1.29 is 32.9 Å². The molecule has 12 heteroatoms. The van der Waals surface area contributed by atoms with Crippen molar-refractivity contribution in [2.75, 3.05) is 14.2 Å². The maximum absolute atomic E-state index is 14.0. The second-order valence-corrected chi connectivity index (χ2v) is 10.1. The third kappa shape index (κ3) is 6.58. The zero-order chi connectivity index (χ0) is 27.2. The van der Waals surface area contributed by atoms with Crippen LogP contribution in [0.4, 0.5) is 4.39 Å². The van der Waals surface area contributed by atoms with Gasteiger partial charge in [-0.25, -0.2) is 9.18 Å². The lowest BCUT2D eigenvalue weighted by molar-refractivity contribution is -0.131. The van der Waals surface area contributed by atoms with Gasteiger partial charge in [-0.15, -0.1) is 10.2 Å². The van der Waals surface area contributed by atoms with E-state index in [9.17, 15) is 14.3 Å². The first-order chi connectivity index (χ1) is 18.3. The van der Waals surface area contributed by atoms with Crippen LogP contribution in [0.2, 0.25) is 5.02 Å². The molecule has 1 aromatic heterocycles. The van der Waals surface area contributed by atoms with Crippen LogP contribution in [0.15, 0.2) is 69.1 Å². The Bertz CT molecular complexity index is 1510. The van der Waals surface area contributed by atoms with Crippen LogP contribution in [0.3, 0.4) is 0 Å². The topological polar surface area (TPSA) is 104 Å². The summed E-state index contributed by atoms with van der Waals surface area (Å²) in [6.07, 6.45) is 1.45. The number of nitrogens with zero attached hydrogens (tertiary/aromatic N) is 2. The van der Waals surface area contributed by atoms with Gasteiger partial charge in [0, 0.05) is 10.6 Å². The monoisotopic (exact) mass is 668 g/mol. The highest BCUT2D eigenvalue weighted by atomic mass is 127. The van der Waals surface area contributed by atoms with Crippen LogP contribution in [0.5, 0.6) is 17.2 Å². The van der Waals surface area contributed by atoms with E-state index < -0.39 is 5.97 Å². The van der Waals surface area contributed by atoms with Crippen LogP contribution < -0.4 is 14.2 Å². The highest BCUT2D eigenvalue weighted by molar-refractivity contribution is 14.1. The minimum atomic E-state index is -1.19. The maximum atomic E-state index is 14.0. The van der Waals surface area contributed by atoms with Crippen molar-refractivity contribution in [3.05, 3.63) is 85.0 Å². The van der Waals surface area contributed by atoms with E-state index in [1.165, 1.54) is 26.4 Å². The van der Waals surface area contributed by atoms with E-state index in [-0.39, 0.29) is 28.4 Å². The Morgan fingerprint density at radius 3 is 2.61 bits per heavy atom. The number of carboxylic acids is 1. The van der Waals surface area contributed by atoms with Crippen LogP contribution in [-0.4, -0.2) is 35.5 Å². The predicted molar refractivity (Wildman–Crippen MR) is 149 cm³/mol. The van der Waals surface area contributed by atoms with Crippen molar-refractivity contribution in [1.29, 1.82) is 0 Å². The first-order valence-corrected chi connectivity index (χ1v) is 13.1. The van der Waals surface area contributed by atoms with Gasteiger partial charge in [0.25, 0.3) is 11.1 Å². The number of benzene rings is 3. The number of rotatable bonds is 10. The molecule has 0 atom stereocenters. The molecule has 0 spiro atoms. The number of halogens is 3. The lowest BCUT2D eigenvalue weighted by atomic mass is 10.2. The first kappa shape index (κ1) is 27.7. The average Bonchev–Trinajstić information content (AvgIpc) is 3.36. The van der Waals surface area contributed by atoms with Crippen LogP contribution in [0.1, 0.15) is 11.1 Å². The number of carboxylic acid groups (broad SMARTS) is 1. The third-order valence-electron chi connectivity index (χ3n) is 5.09. The van der Waals surface area contributed by atoms with Crippen molar-refractivity contribution >= 4 is 58.0 Å². The van der Waals surface area contributed by atoms with Gasteiger partial charge in [-0.2, -0.15) is 0 Å². The zero-order valence-electron chi connectivity index (χ0n) is 19.9. The number of aromatic nitrogens is 2. The highest BCUT2D eigenvalue weighted by Crippen LogP contribution is 2.38. The summed E-state index contributed by atoms with van der Waals surface area (Å²) in [5.41, 5.74) is 1.41. The number of hydrogen-bond donors (Lipinski definition) is 1. The van der Waals surface area contributed by atoms with Crippen LogP contribution >= 0.6 is 46.0 Å². The summed E-state index contributed by atoms with van der Waals surface area (Å²) < 4.78 is 36.9. The molecule has 0 aliphatic heterocycles.